The molecule has 0 bridgehead atoms. The summed E-state index contributed by atoms with van der Waals surface area (Å²) < 4.78 is 44.7. The summed E-state index contributed by atoms with van der Waals surface area (Å²) in [6.07, 6.45) is -0.658. The molecule has 10 rings (SSSR count). The first-order valence-electron chi connectivity index (χ1n) is 25.1. The van der Waals surface area contributed by atoms with Crippen LogP contribution in [-0.4, -0.2) is 97.3 Å². The van der Waals surface area contributed by atoms with Gasteiger partial charge in [-0.2, -0.15) is 0 Å². The number of amides is 3. The predicted molar refractivity (Wildman–Crippen MR) is 291 cm³/mol. The first kappa shape index (κ1) is 54.4. The Morgan fingerprint density at radius 1 is 0.595 bits per heavy atom. The number of hydrogen-bond acceptors (Lipinski definition) is 15. The SMILES string of the molecule is CN(CC(=O)OCc1ccc(F)cc1-c1ccc2nc(N)nc(C(=O)N3Cc4ccccc4C3)c2c1)C(=O)OC(C)(C)C.CNCC(=O)OCc1ccc(F)cc1-c1ccc2nc(N)nc(C(=O)N3Cc4ccccc4C3)c2c1. The molecular formula is C59H56F2N10O8. The molecule has 2 aliphatic rings. The topological polar surface area (TPSA) is 238 Å². The molecule has 5 N–H and O–H groups in total. The summed E-state index contributed by atoms with van der Waals surface area (Å²) >= 11 is 0. The number of nitrogens with one attached hydrogen (secondary N) is 1. The lowest BCUT2D eigenvalue weighted by atomic mass is 9.97. The Bertz CT molecular complexity index is 3650. The second-order valence-electron chi connectivity index (χ2n) is 20.0. The maximum Gasteiger partial charge on any atom is 0.410 e. The van der Waals surface area contributed by atoms with E-state index in [0.29, 0.717) is 81.4 Å². The lowest BCUT2D eigenvalue weighted by Gasteiger charge is -2.24. The van der Waals surface area contributed by atoms with Gasteiger partial charge in [0.2, 0.25) is 11.9 Å². The number of nitrogen functional groups attached to an aromatic ring is 2. The molecule has 0 spiro atoms. The summed E-state index contributed by atoms with van der Waals surface area (Å²) in [7, 11) is 3.08. The molecule has 79 heavy (non-hydrogen) atoms. The molecule has 2 aromatic heterocycles. The van der Waals surface area contributed by atoms with Crippen LogP contribution in [0.15, 0.2) is 121 Å². The van der Waals surface area contributed by atoms with Gasteiger partial charge in [-0.25, -0.2) is 33.5 Å². The first-order chi connectivity index (χ1) is 37.8. The van der Waals surface area contributed by atoms with Crippen molar-refractivity contribution in [2.24, 2.45) is 0 Å². The number of benzene rings is 6. The van der Waals surface area contributed by atoms with Crippen LogP contribution in [0.4, 0.5) is 25.5 Å². The first-order valence-corrected chi connectivity index (χ1v) is 25.1. The van der Waals surface area contributed by atoms with E-state index in [4.69, 9.17) is 25.7 Å². The normalized spacial score (nSPS) is 12.6. The number of hydrogen-bond donors (Lipinski definition) is 3. The van der Waals surface area contributed by atoms with E-state index in [1.54, 1.807) is 80.1 Å². The van der Waals surface area contributed by atoms with E-state index in [9.17, 15) is 32.8 Å². The third-order valence-corrected chi connectivity index (χ3v) is 13.0. The Hall–Kier alpha value is -9.43. The number of nitrogens with two attached hydrogens (primary N) is 2. The Labute approximate surface area is 453 Å². The van der Waals surface area contributed by atoms with Gasteiger partial charge in [-0.3, -0.25) is 19.2 Å². The molecule has 0 radical (unpaired) electrons. The molecule has 0 saturated heterocycles. The van der Waals surface area contributed by atoms with Gasteiger partial charge in [0.05, 0.1) is 17.6 Å². The largest absolute Gasteiger partial charge is 0.460 e. The third kappa shape index (κ3) is 12.7. The highest BCUT2D eigenvalue weighted by Gasteiger charge is 2.29. The number of carbonyl (C=O) groups excluding carboxylic acids is 5. The van der Waals surface area contributed by atoms with Gasteiger partial charge in [0, 0.05) is 44.0 Å². The van der Waals surface area contributed by atoms with Crippen LogP contribution in [0.25, 0.3) is 44.1 Å². The average molecular weight is 1070 g/mol. The summed E-state index contributed by atoms with van der Waals surface area (Å²) in [6, 6.07) is 34.5. The molecule has 6 aromatic carbocycles. The van der Waals surface area contributed by atoms with Crippen molar-refractivity contribution in [3.8, 4) is 22.3 Å². The van der Waals surface area contributed by atoms with E-state index < -0.39 is 35.3 Å². The van der Waals surface area contributed by atoms with Crippen LogP contribution in [-0.2, 0) is 63.2 Å². The van der Waals surface area contributed by atoms with Gasteiger partial charge >= 0.3 is 18.0 Å². The second kappa shape index (κ2) is 23.0. The van der Waals surface area contributed by atoms with E-state index in [0.717, 1.165) is 27.2 Å². The van der Waals surface area contributed by atoms with Gasteiger partial charge in [-0.05, 0) is 132 Å². The quantitative estimate of drug-likeness (QED) is 0.0768. The van der Waals surface area contributed by atoms with E-state index >= 15 is 0 Å². The van der Waals surface area contributed by atoms with Crippen LogP contribution < -0.4 is 16.8 Å². The van der Waals surface area contributed by atoms with Crippen LogP contribution in [0, 0.1) is 11.6 Å². The van der Waals surface area contributed by atoms with Gasteiger partial charge in [0.15, 0.2) is 0 Å². The number of anilines is 2. The van der Waals surface area contributed by atoms with Gasteiger partial charge < -0.3 is 45.7 Å². The monoisotopic (exact) mass is 1070 g/mol. The second-order valence-corrected chi connectivity index (χ2v) is 20.0. The number of halogens is 2. The van der Waals surface area contributed by atoms with Crippen LogP contribution >= 0.6 is 0 Å². The van der Waals surface area contributed by atoms with E-state index in [-0.39, 0.29) is 61.4 Å². The minimum atomic E-state index is -0.709. The van der Waals surface area contributed by atoms with Gasteiger partial charge in [-0.1, -0.05) is 72.8 Å². The molecule has 3 amide bonds. The van der Waals surface area contributed by atoms with Gasteiger partial charge in [-0.15, -0.1) is 0 Å². The lowest BCUT2D eigenvalue weighted by Crippen LogP contribution is -2.37. The molecule has 0 saturated carbocycles. The van der Waals surface area contributed by atoms with Crippen molar-refractivity contribution in [3.05, 3.63) is 178 Å². The minimum Gasteiger partial charge on any atom is -0.460 e. The Morgan fingerprint density at radius 2 is 1.01 bits per heavy atom. The standard InChI is InChI=1S/C32H32FN5O5.C27H24FN5O3/c1-32(2,3)43-31(41)37(4)17-27(39)42-18-22-9-11-23(33)14-24(22)19-10-12-26-25(13-19)28(36-30(34)35-26)29(40)38-15-20-7-5-6-8-21(20)16-38;1-30-12-24(34)36-15-19-6-8-20(28)11-21(19)16-7-9-23-22(10-16)25(32-27(29)31-23)26(35)33-13-17-4-2-3-5-18(17)14-33/h5-14H,15-18H2,1-4H3,(H2,34,35,36);2-11,30H,12-15H2,1H3,(H2,29,31,32). The summed E-state index contributed by atoms with van der Waals surface area (Å²) in [5.74, 6) is -2.60. The molecule has 18 nitrogen and oxygen atoms in total. The number of esters is 2. The maximum atomic E-state index is 14.5. The van der Waals surface area contributed by atoms with Gasteiger partial charge in [0.25, 0.3) is 11.8 Å². The zero-order valence-electron chi connectivity index (χ0n) is 44.0. The molecule has 20 heteroatoms. The molecule has 0 unspecified atom stereocenters. The van der Waals surface area contributed by atoms with Crippen molar-refractivity contribution < 1.29 is 47.0 Å². The Kier molecular flexibility index (Phi) is 15.9. The highest BCUT2D eigenvalue weighted by molar-refractivity contribution is 6.07. The molecule has 0 fully saturated rings. The Balaban J connectivity index is 0.000000195. The van der Waals surface area contributed by atoms with Crippen molar-refractivity contribution in [1.82, 2.24) is 40.0 Å². The number of nitrogens with zero attached hydrogens (tertiary/aromatic N) is 7. The molecule has 2 aliphatic heterocycles. The zero-order chi connectivity index (χ0) is 56.1. The number of rotatable bonds is 12. The molecule has 0 atom stereocenters. The minimum absolute atomic E-state index is 0.00167. The highest BCUT2D eigenvalue weighted by Crippen LogP contribution is 2.34. The average Bonchev–Trinajstić information content (AvgIpc) is 4.17. The van der Waals surface area contributed by atoms with E-state index in [2.05, 4.69) is 25.3 Å². The number of carbonyl (C=O) groups is 5. The van der Waals surface area contributed by atoms with Crippen molar-refractivity contribution in [3.63, 3.8) is 0 Å². The fourth-order valence-electron chi connectivity index (χ4n) is 9.25. The molecule has 0 aliphatic carbocycles. The van der Waals surface area contributed by atoms with Gasteiger partial charge in [0.1, 0.15) is 48.4 Å². The third-order valence-electron chi connectivity index (χ3n) is 13.0. The van der Waals surface area contributed by atoms with Crippen molar-refractivity contribution >= 4 is 63.5 Å². The zero-order valence-corrected chi connectivity index (χ0v) is 44.0. The lowest BCUT2D eigenvalue weighted by molar-refractivity contribution is -0.146. The predicted octanol–water partition coefficient (Wildman–Crippen LogP) is 8.52. The molecule has 8 aromatic rings. The van der Waals surface area contributed by atoms with Crippen molar-refractivity contribution in [1.29, 1.82) is 0 Å². The summed E-state index contributed by atoms with van der Waals surface area (Å²) in [6.45, 7) is 6.57. The van der Waals surface area contributed by atoms with Crippen LogP contribution in [0.2, 0.25) is 0 Å². The van der Waals surface area contributed by atoms with Crippen LogP contribution in [0.1, 0.15) is 75.1 Å². The number of ether oxygens (including phenoxy) is 3. The number of likely N-dealkylation sites (N-methyl/N-ethyl adjacent to an activating group) is 2. The maximum absolute atomic E-state index is 14.5. The van der Waals surface area contributed by atoms with E-state index in [1.165, 1.54) is 37.4 Å². The molecule has 4 heterocycles. The van der Waals surface area contributed by atoms with Crippen LogP contribution in [0.5, 0.6) is 0 Å². The summed E-state index contributed by atoms with van der Waals surface area (Å²) in [4.78, 5) is 85.5. The Morgan fingerprint density at radius 3 is 1.42 bits per heavy atom. The number of fused-ring (bicyclic) bond motifs is 4. The fourth-order valence-corrected chi connectivity index (χ4v) is 9.25. The van der Waals surface area contributed by atoms with E-state index in [1.807, 2.05) is 48.5 Å². The summed E-state index contributed by atoms with van der Waals surface area (Å²) in [5, 5.41) is 3.70. The summed E-state index contributed by atoms with van der Waals surface area (Å²) in [5.41, 5.74) is 20.2. The van der Waals surface area contributed by atoms with Crippen molar-refractivity contribution in [2.75, 3.05) is 38.7 Å². The van der Waals surface area contributed by atoms with Crippen molar-refractivity contribution in [2.45, 2.75) is 65.8 Å². The molecule has 404 valence electrons. The van der Waals surface area contributed by atoms with Crippen LogP contribution in [0.3, 0.4) is 0 Å². The highest BCUT2D eigenvalue weighted by atomic mass is 19.1. The smallest absolute Gasteiger partial charge is 0.410 e. The molecular weight excluding hydrogens is 1010 g/mol. The fraction of sp³-hybridized carbons (Fsp3) is 0.237. The number of aromatic nitrogens is 4.